The van der Waals surface area contributed by atoms with Gasteiger partial charge in [-0.3, -0.25) is 4.98 Å². The molecule has 2 rings (SSSR count). The van der Waals surface area contributed by atoms with Crippen LogP contribution in [-0.2, 0) is 6.42 Å². The van der Waals surface area contributed by atoms with Crippen LogP contribution in [0.25, 0.3) is 0 Å². The van der Waals surface area contributed by atoms with E-state index in [0.29, 0.717) is 6.42 Å². The van der Waals surface area contributed by atoms with E-state index in [2.05, 4.69) is 11.9 Å². The Morgan fingerprint density at radius 1 is 1.32 bits per heavy atom. The Morgan fingerprint density at radius 3 is 2.74 bits per heavy atom. The van der Waals surface area contributed by atoms with Gasteiger partial charge in [-0.1, -0.05) is 25.5 Å². The highest BCUT2D eigenvalue weighted by Crippen LogP contribution is 2.22. The second kappa shape index (κ2) is 7.26. The quantitative estimate of drug-likeness (QED) is 0.786. The van der Waals surface area contributed by atoms with Gasteiger partial charge in [-0.2, -0.15) is 0 Å². The van der Waals surface area contributed by atoms with Gasteiger partial charge in [0.1, 0.15) is 5.75 Å². The fourth-order valence-corrected chi connectivity index (χ4v) is 2.40. The maximum Gasteiger partial charge on any atom is 0.119 e. The number of aromatic nitrogens is 1. The van der Waals surface area contributed by atoms with Gasteiger partial charge in [0.15, 0.2) is 0 Å². The lowest BCUT2D eigenvalue weighted by molar-refractivity contribution is 0.179. The number of benzene rings is 1. The van der Waals surface area contributed by atoms with Crippen molar-refractivity contribution in [1.82, 2.24) is 4.98 Å². The number of aliphatic hydroxyl groups is 1. The highest BCUT2D eigenvalue weighted by molar-refractivity contribution is 7.09. The Bertz CT molecular complexity index is 467. The molecule has 1 atom stereocenters. The lowest BCUT2D eigenvalue weighted by Crippen LogP contribution is -2.01. The average molecular weight is 277 g/mol. The molecule has 0 aliphatic rings. The summed E-state index contributed by atoms with van der Waals surface area (Å²) < 4.78 is 5.60. The van der Waals surface area contributed by atoms with Crippen LogP contribution in [0.15, 0.2) is 36.0 Å². The minimum absolute atomic E-state index is 0.481. The van der Waals surface area contributed by atoms with Crippen LogP contribution in [0, 0.1) is 0 Å². The van der Waals surface area contributed by atoms with E-state index in [1.165, 1.54) is 0 Å². The van der Waals surface area contributed by atoms with Gasteiger partial charge in [-0.05, 0) is 24.1 Å². The molecule has 0 radical (unpaired) electrons. The summed E-state index contributed by atoms with van der Waals surface area (Å²) in [5.74, 6) is 0.863. The number of thiazole rings is 1. The summed E-state index contributed by atoms with van der Waals surface area (Å²) in [6.07, 6.45) is 4.13. The minimum atomic E-state index is -0.481. The Morgan fingerprint density at radius 2 is 2.11 bits per heavy atom. The van der Waals surface area contributed by atoms with Gasteiger partial charge in [0, 0.05) is 17.5 Å². The second-order valence-electron chi connectivity index (χ2n) is 4.46. The third kappa shape index (κ3) is 4.33. The third-order valence-electron chi connectivity index (χ3n) is 2.91. The van der Waals surface area contributed by atoms with Crippen molar-refractivity contribution in [2.75, 3.05) is 6.61 Å². The molecule has 0 fully saturated rings. The molecule has 3 nitrogen and oxygen atoms in total. The summed E-state index contributed by atoms with van der Waals surface area (Å²) in [5, 5.41) is 10.1. The van der Waals surface area contributed by atoms with E-state index in [-0.39, 0.29) is 0 Å². The lowest BCUT2D eigenvalue weighted by Gasteiger charge is -2.11. The summed E-state index contributed by atoms with van der Waals surface area (Å²) in [5.41, 5.74) is 2.70. The smallest absolute Gasteiger partial charge is 0.119 e. The topological polar surface area (TPSA) is 42.4 Å². The van der Waals surface area contributed by atoms with Crippen LogP contribution in [0.3, 0.4) is 0 Å². The fraction of sp³-hybridized carbons (Fsp3) is 0.400. The van der Waals surface area contributed by atoms with Crippen LogP contribution in [-0.4, -0.2) is 16.7 Å². The molecule has 2 aromatic rings. The fourth-order valence-electron chi connectivity index (χ4n) is 1.77. The number of unbranched alkanes of at least 4 members (excludes halogenated alkanes) is 1. The Hall–Kier alpha value is -1.39. The Kier molecular flexibility index (Phi) is 5.36. The number of ether oxygens (including phenoxy) is 1. The zero-order chi connectivity index (χ0) is 13.5. The third-order valence-corrected chi connectivity index (χ3v) is 3.71. The van der Waals surface area contributed by atoms with Gasteiger partial charge in [0.2, 0.25) is 0 Å². The van der Waals surface area contributed by atoms with Crippen molar-refractivity contribution in [2.24, 2.45) is 0 Å². The molecule has 0 saturated carbocycles. The normalized spacial score (nSPS) is 12.3. The molecule has 1 aromatic carbocycles. The van der Waals surface area contributed by atoms with Crippen LogP contribution in [0.1, 0.15) is 36.3 Å². The average Bonchev–Trinajstić information content (AvgIpc) is 2.93. The van der Waals surface area contributed by atoms with Gasteiger partial charge in [-0.25, -0.2) is 0 Å². The molecular weight excluding hydrogens is 258 g/mol. The molecular formula is C15H19NO2S. The monoisotopic (exact) mass is 277 g/mol. The molecule has 0 aliphatic heterocycles. The van der Waals surface area contributed by atoms with Crippen LogP contribution in [0.5, 0.6) is 5.75 Å². The first-order chi connectivity index (χ1) is 9.29. The van der Waals surface area contributed by atoms with Crippen LogP contribution >= 0.6 is 11.3 Å². The first-order valence-corrected chi connectivity index (χ1v) is 7.45. The molecule has 0 saturated heterocycles. The van der Waals surface area contributed by atoms with Crippen molar-refractivity contribution >= 4 is 11.3 Å². The number of rotatable bonds is 7. The van der Waals surface area contributed by atoms with Crippen molar-refractivity contribution in [3.8, 4) is 5.75 Å². The highest BCUT2D eigenvalue weighted by Gasteiger charge is 2.09. The zero-order valence-electron chi connectivity index (χ0n) is 11.1. The molecule has 0 bridgehead atoms. The van der Waals surface area contributed by atoms with E-state index >= 15 is 0 Å². The van der Waals surface area contributed by atoms with Crippen molar-refractivity contribution in [1.29, 1.82) is 0 Å². The van der Waals surface area contributed by atoms with Crippen LogP contribution in [0.4, 0.5) is 0 Å². The Labute approximate surface area is 117 Å². The number of aliphatic hydroxyl groups excluding tert-OH is 1. The summed E-state index contributed by atoms with van der Waals surface area (Å²) in [4.78, 5) is 5.11. The van der Waals surface area contributed by atoms with E-state index in [0.717, 1.165) is 35.6 Å². The molecule has 0 spiro atoms. The molecule has 0 amide bonds. The first-order valence-electron chi connectivity index (χ1n) is 6.57. The van der Waals surface area contributed by atoms with Gasteiger partial charge < -0.3 is 9.84 Å². The highest BCUT2D eigenvalue weighted by atomic mass is 32.1. The number of nitrogens with zero attached hydrogens (tertiary/aromatic N) is 1. The van der Waals surface area contributed by atoms with Gasteiger partial charge in [-0.15, -0.1) is 11.3 Å². The molecule has 0 aliphatic carbocycles. The molecule has 1 heterocycles. The lowest BCUT2D eigenvalue weighted by atomic mass is 10.1. The largest absolute Gasteiger partial charge is 0.494 e. The van der Waals surface area contributed by atoms with E-state index in [4.69, 9.17) is 4.74 Å². The Balaban J connectivity index is 1.90. The molecule has 1 N–H and O–H groups in total. The second-order valence-corrected chi connectivity index (χ2v) is 5.43. The van der Waals surface area contributed by atoms with Gasteiger partial charge in [0.25, 0.3) is 0 Å². The summed E-state index contributed by atoms with van der Waals surface area (Å²) in [6.45, 7) is 2.89. The first kappa shape index (κ1) is 14.0. The molecule has 19 heavy (non-hydrogen) atoms. The van der Waals surface area contributed by atoms with E-state index in [1.54, 1.807) is 23.0 Å². The minimum Gasteiger partial charge on any atom is -0.494 e. The van der Waals surface area contributed by atoms with Crippen LogP contribution in [0.2, 0.25) is 0 Å². The van der Waals surface area contributed by atoms with Gasteiger partial charge in [0.05, 0.1) is 18.2 Å². The van der Waals surface area contributed by atoms with Crippen molar-refractivity contribution in [3.63, 3.8) is 0 Å². The summed E-state index contributed by atoms with van der Waals surface area (Å²) >= 11 is 1.57. The van der Waals surface area contributed by atoms with Gasteiger partial charge >= 0.3 is 0 Å². The van der Waals surface area contributed by atoms with E-state index < -0.39 is 6.10 Å². The maximum absolute atomic E-state index is 10.1. The molecule has 1 aromatic heterocycles. The maximum atomic E-state index is 10.1. The van der Waals surface area contributed by atoms with Crippen molar-refractivity contribution < 1.29 is 9.84 Å². The SMILES string of the molecule is CCCCOc1ccc(C(O)Cc2cncs2)cc1. The number of hydrogen-bond acceptors (Lipinski definition) is 4. The molecule has 102 valence electrons. The number of hydrogen-bond donors (Lipinski definition) is 1. The van der Waals surface area contributed by atoms with E-state index in [1.807, 2.05) is 24.3 Å². The van der Waals surface area contributed by atoms with E-state index in [9.17, 15) is 5.11 Å². The standard InChI is InChI=1S/C15H19NO2S/c1-2-3-8-18-13-6-4-12(5-7-13)15(17)9-14-10-16-11-19-14/h4-7,10-11,15,17H,2-3,8-9H2,1H3. The predicted octanol–water partition coefficient (Wildman–Crippen LogP) is 3.60. The zero-order valence-corrected chi connectivity index (χ0v) is 11.9. The predicted molar refractivity (Wildman–Crippen MR) is 77.6 cm³/mol. The van der Waals surface area contributed by atoms with Crippen molar-refractivity contribution in [2.45, 2.75) is 32.3 Å². The molecule has 4 heteroatoms. The van der Waals surface area contributed by atoms with Crippen molar-refractivity contribution in [3.05, 3.63) is 46.4 Å². The molecule has 1 unspecified atom stereocenters. The van der Waals surface area contributed by atoms with Crippen LogP contribution < -0.4 is 4.74 Å². The summed E-state index contributed by atoms with van der Waals surface area (Å²) in [6, 6.07) is 7.68. The summed E-state index contributed by atoms with van der Waals surface area (Å²) in [7, 11) is 0.